The minimum absolute atomic E-state index is 0.126. The number of aromatic nitrogens is 3. The van der Waals surface area contributed by atoms with Crippen molar-refractivity contribution in [1.82, 2.24) is 14.1 Å². The van der Waals surface area contributed by atoms with E-state index in [0.717, 1.165) is 12.8 Å². The second kappa shape index (κ2) is 5.00. The number of rotatable bonds is 3. The zero-order valence-corrected chi connectivity index (χ0v) is 13.5. The van der Waals surface area contributed by atoms with Crippen molar-refractivity contribution in [2.45, 2.75) is 26.3 Å². The lowest BCUT2D eigenvalue weighted by molar-refractivity contribution is 0.460. The third-order valence-electron chi connectivity index (χ3n) is 4.92. The molecule has 24 heavy (non-hydrogen) atoms. The summed E-state index contributed by atoms with van der Waals surface area (Å²) in [6.07, 6.45) is 3.45. The smallest absolute Gasteiger partial charge is 0.292 e. The third kappa shape index (κ3) is 2.25. The molecule has 1 aliphatic rings. The molecule has 1 saturated carbocycles. The summed E-state index contributed by atoms with van der Waals surface area (Å²) in [5.74, 6) is -1.18. The van der Waals surface area contributed by atoms with Crippen molar-refractivity contribution in [3.63, 3.8) is 0 Å². The van der Waals surface area contributed by atoms with Crippen molar-refractivity contribution >= 4 is 11.0 Å². The van der Waals surface area contributed by atoms with Gasteiger partial charge in [-0.15, -0.1) is 0 Å². The molecule has 0 radical (unpaired) electrons. The molecule has 1 aromatic carbocycles. The highest BCUT2D eigenvalue weighted by Gasteiger charge is 2.38. The van der Waals surface area contributed by atoms with E-state index in [1.807, 2.05) is 0 Å². The van der Waals surface area contributed by atoms with E-state index in [4.69, 9.17) is 0 Å². The van der Waals surface area contributed by atoms with Gasteiger partial charge in [0, 0.05) is 31.4 Å². The van der Waals surface area contributed by atoms with Crippen molar-refractivity contribution in [2.75, 3.05) is 0 Å². The molecule has 1 aliphatic carbocycles. The van der Waals surface area contributed by atoms with E-state index in [1.165, 1.54) is 16.8 Å². The molecule has 6 heteroatoms. The first-order valence-corrected chi connectivity index (χ1v) is 7.89. The SMILES string of the molecule is Cn1c(=O)n(CC2(C)CC2)c2ccc(-c3ccnc(F)c3)c(F)c21. The molecule has 1 fully saturated rings. The Balaban J connectivity index is 1.94. The van der Waals surface area contributed by atoms with Gasteiger partial charge >= 0.3 is 5.69 Å². The zero-order chi connectivity index (χ0) is 17.1. The first kappa shape index (κ1) is 15.1. The normalized spacial score (nSPS) is 15.8. The van der Waals surface area contributed by atoms with Crippen LogP contribution in [0.2, 0.25) is 0 Å². The fourth-order valence-electron chi connectivity index (χ4n) is 3.17. The van der Waals surface area contributed by atoms with Gasteiger partial charge in [0.2, 0.25) is 5.95 Å². The van der Waals surface area contributed by atoms with Crippen LogP contribution in [0.5, 0.6) is 0 Å². The van der Waals surface area contributed by atoms with Gasteiger partial charge < -0.3 is 0 Å². The first-order valence-electron chi connectivity index (χ1n) is 7.89. The van der Waals surface area contributed by atoms with Gasteiger partial charge in [0.15, 0.2) is 5.82 Å². The van der Waals surface area contributed by atoms with Crippen LogP contribution in [-0.4, -0.2) is 14.1 Å². The highest BCUT2D eigenvalue weighted by molar-refractivity contribution is 5.83. The topological polar surface area (TPSA) is 39.8 Å². The largest absolute Gasteiger partial charge is 0.328 e. The molecule has 0 unspecified atom stereocenters. The molecule has 0 spiro atoms. The van der Waals surface area contributed by atoms with E-state index in [1.54, 1.807) is 29.8 Å². The van der Waals surface area contributed by atoms with E-state index in [-0.39, 0.29) is 22.2 Å². The summed E-state index contributed by atoms with van der Waals surface area (Å²) in [6, 6.07) is 6.06. The molecule has 4 rings (SSSR count). The Kier molecular flexibility index (Phi) is 3.13. The predicted molar refractivity (Wildman–Crippen MR) is 87.7 cm³/mol. The first-order chi connectivity index (χ1) is 11.4. The maximum atomic E-state index is 15.1. The Bertz CT molecular complexity index is 1020. The molecular weight excluding hydrogens is 312 g/mol. The number of imidazole rings is 1. The lowest BCUT2D eigenvalue weighted by atomic mass is 10.1. The number of aryl methyl sites for hydroxylation is 1. The zero-order valence-electron chi connectivity index (χ0n) is 13.5. The lowest BCUT2D eigenvalue weighted by Crippen LogP contribution is -2.25. The number of hydrogen-bond donors (Lipinski definition) is 0. The Morgan fingerprint density at radius 3 is 2.67 bits per heavy atom. The van der Waals surface area contributed by atoms with E-state index in [9.17, 15) is 9.18 Å². The second-order valence-electron chi connectivity index (χ2n) is 6.90. The Morgan fingerprint density at radius 1 is 1.25 bits per heavy atom. The highest BCUT2D eigenvalue weighted by atomic mass is 19.1. The predicted octanol–water partition coefficient (Wildman–Crippen LogP) is 3.48. The molecule has 3 aromatic rings. The maximum Gasteiger partial charge on any atom is 0.328 e. The van der Waals surface area contributed by atoms with Crippen LogP contribution in [0.15, 0.2) is 35.3 Å². The Morgan fingerprint density at radius 2 is 2.00 bits per heavy atom. The number of halogens is 2. The minimum Gasteiger partial charge on any atom is -0.292 e. The van der Waals surface area contributed by atoms with Gasteiger partial charge in [0.25, 0.3) is 0 Å². The molecule has 0 N–H and O–H groups in total. The summed E-state index contributed by atoms with van der Waals surface area (Å²) in [6.45, 7) is 2.72. The molecular formula is C18H17F2N3O. The van der Waals surface area contributed by atoms with Crippen molar-refractivity contribution in [3.8, 4) is 11.1 Å². The summed E-state index contributed by atoms with van der Waals surface area (Å²) in [5.41, 5.74) is 1.38. The fourth-order valence-corrected chi connectivity index (χ4v) is 3.17. The summed E-state index contributed by atoms with van der Waals surface area (Å²) in [4.78, 5) is 16.0. The van der Waals surface area contributed by atoms with Crippen molar-refractivity contribution < 1.29 is 8.78 Å². The van der Waals surface area contributed by atoms with Gasteiger partial charge in [-0.2, -0.15) is 4.39 Å². The van der Waals surface area contributed by atoms with Crippen LogP contribution in [0.25, 0.3) is 22.2 Å². The van der Waals surface area contributed by atoms with Crippen LogP contribution < -0.4 is 5.69 Å². The molecule has 4 nitrogen and oxygen atoms in total. The van der Waals surface area contributed by atoms with Crippen LogP contribution in [-0.2, 0) is 13.6 Å². The molecule has 0 atom stereocenters. The van der Waals surface area contributed by atoms with Crippen molar-refractivity contribution in [3.05, 3.63) is 52.7 Å². The number of nitrogens with zero attached hydrogens (tertiary/aromatic N) is 3. The summed E-state index contributed by atoms with van der Waals surface area (Å²) in [5, 5.41) is 0. The summed E-state index contributed by atoms with van der Waals surface area (Å²) >= 11 is 0. The monoisotopic (exact) mass is 329 g/mol. The number of pyridine rings is 1. The Hall–Kier alpha value is -2.50. The van der Waals surface area contributed by atoms with Gasteiger partial charge in [0.05, 0.1) is 5.52 Å². The molecule has 124 valence electrons. The van der Waals surface area contributed by atoms with Crippen molar-refractivity contribution in [1.29, 1.82) is 0 Å². The lowest BCUT2D eigenvalue weighted by Gasteiger charge is -2.10. The molecule has 2 heterocycles. The van der Waals surface area contributed by atoms with Gasteiger partial charge in [-0.3, -0.25) is 9.13 Å². The standard InChI is InChI=1S/C18H17F2N3O/c1-18(6-7-18)10-23-13-4-3-12(11-5-8-21-14(19)9-11)15(20)16(13)22(2)17(23)24/h3-5,8-9H,6-7,10H2,1-2H3. The average Bonchev–Trinajstić information content (AvgIpc) is 3.23. The fraction of sp³-hybridized carbons (Fsp3) is 0.333. The van der Waals surface area contributed by atoms with Crippen LogP contribution in [0.1, 0.15) is 19.8 Å². The van der Waals surface area contributed by atoms with E-state index in [2.05, 4.69) is 11.9 Å². The molecule has 0 aliphatic heterocycles. The van der Waals surface area contributed by atoms with E-state index >= 15 is 4.39 Å². The maximum absolute atomic E-state index is 15.1. The highest BCUT2D eigenvalue weighted by Crippen LogP contribution is 2.46. The number of benzene rings is 1. The van der Waals surface area contributed by atoms with Crippen LogP contribution >= 0.6 is 0 Å². The molecule has 0 amide bonds. The van der Waals surface area contributed by atoms with Crippen molar-refractivity contribution in [2.24, 2.45) is 12.5 Å². The van der Waals surface area contributed by atoms with Crippen LogP contribution in [0.3, 0.4) is 0 Å². The third-order valence-corrected chi connectivity index (χ3v) is 4.92. The van der Waals surface area contributed by atoms with Gasteiger partial charge in [0.1, 0.15) is 5.52 Å². The molecule has 0 saturated heterocycles. The Labute approximate surface area is 137 Å². The minimum atomic E-state index is -0.667. The molecule has 0 bridgehead atoms. The van der Waals surface area contributed by atoms with Crippen LogP contribution in [0, 0.1) is 17.2 Å². The van der Waals surface area contributed by atoms with Gasteiger partial charge in [-0.25, -0.2) is 14.2 Å². The van der Waals surface area contributed by atoms with E-state index in [0.29, 0.717) is 17.6 Å². The van der Waals surface area contributed by atoms with Gasteiger partial charge in [-0.05, 0) is 42.0 Å². The average molecular weight is 329 g/mol. The second-order valence-corrected chi connectivity index (χ2v) is 6.90. The molecule has 2 aromatic heterocycles. The summed E-state index contributed by atoms with van der Waals surface area (Å²) in [7, 11) is 1.57. The van der Waals surface area contributed by atoms with Crippen LogP contribution in [0.4, 0.5) is 8.78 Å². The van der Waals surface area contributed by atoms with Gasteiger partial charge in [-0.1, -0.05) is 6.92 Å². The number of fused-ring (bicyclic) bond motifs is 1. The summed E-state index contributed by atoms with van der Waals surface area (Å²) < 4.78 is 31.4. The van der Waals surface area contributed by atoms with E-state index < -0.39 is 11.8 Å². The quantitative estimate of drug-likeness (QED) is 0.690. The number of hydrogen-bond acceptors (Lipinski definition) is 2.